The molecule has 2 rings (SSSR count). The van der Waals surface area contributed by atoms with Gasteiger partial charge >= 0.3 is 0 Å². The number of rotatable bonds is 1. The van der Waals surface area contributed by atoms with Crippen LogP contribution < -0.4 is 0 Å². The molecule has 0 aromatic heterocycles. The molecule has 0 radical (unpaired) electrons. The minimum absolute atomic E-state index is 0.280. The number of benzene rings is 1. The summed E-state index contributed by atoms with van der Waals surface area (Å²) in [6, 6.07) is 10.4. The van der Waals surface area contributed by atoms with Gasteiger partial charge in [-0.3, -0.25) is 4.67 Å². The standard InChI is InChI=1S/C10H14NOP/c1-11-8-10(12-13(11)2)9-6-4-3-5-7-9/h3-7,10H,8H2,1-2H3/t10-,13?/m1/s1. The number of hydrogen-bond acceptors (Lipinski definition) is 2. The third-order valence-corrected chi connectivity index (χ3v) is 4.05. The number of likely N-dealkylation sites (N-methyl/N-ethyl adjacent to an activating group) is 1. The summed E-state index contributed by atoms with van der Waals surface area (Å²) in [7, 11) is 1.76. The zero-order chi connectivity index (χ0) is 9.26. The Balaban J connectivity index is 2.12. The highest BCUT2D eigenvalue weighted by Crippen LogP contribution is 2.48. The molecular weight excluding hydrogens is 181 g/mol. The molecule has 1 saturated heterocycles. The second kappa shape index (κ2) is 3.75. The average Bonchev–Trinajstić information content (AvgIpc) is 2.49. The van der Waals surface area contributed by atoms with Crippen molar-refractivity contribution in [1.29, 1.82) is 0 Å². The van der Waals surface area contributed by atoms with Crippen molar-refractivity contribution in [2.75, 3.05) is 20.3 Å². The third-order valence-electron chi connectivity index (χ3n) is 2.36. The molecule has 70 valence electrons. The van der Waals surface area contributed by atoms with Gasteiger partial charge in [0, 0.05) is 6.54 Å². The first-order chi connectivity index (χ1) is 6.27. The molecule has 13 heavy (non-hydrogen) atoms. The van der Waals surface area contributed by atoms with E-state index in [2.05, 4.69) is 42.6 Å². The van der Waals surface area contributed by atoms with Crippen molar-refractivity contribution in [3.05, 3.63) is 35.9 Å². The van der Waals surface area contributed by atoms with Crippen molar-refractivity contribution in [2.45, 2.75) is 6.10 Å². The van der Waals surface area contributed by atoms with Gasteiger partial charge < -0.3 is 4.52 Å². The van der Waals surface area contributed by atoms with Crippen LogP contribution in [0.3, 0.4) is 0 Å². The molecular formula is C10H14NOP. The molecule has 1 heterocycles. The van der Waals surface area contributed by atoms with E-state index >= 15 is 0 Å². The summed E-state index contributed by atoms with van der Waals surface area (Å²) in [6.07, 6.45) is 0.280. The molecule has 0 bridgehead atoms. The Morgan fingerprint density at radius 2 is 2.08 bits per heavy atom. The summed E-state index contributed by atoms with van der Waals surface area (Å²) in [5.74, 6) is 0. The lowest BCUT2D eigenvalue weighted by Gasteiger charge is -2.09. The monoisotopic (exact) mass is 195 g/mol. The minimum atomic E-state index is -0.356. The number of hydrogen-bond donors (Lipinski definition) is 0. The summed E-state index contributed by atoms with van der Waals surface area (Å²) in [4.78, 5) is 0. The van der Waals surface area contributed by atoms with Gasteiger partial charge in [0.2, 0.25) is 0 Å². The highest BCUT2D eigenvalue weighted by atomic mass is 31.2. The highest BCUT2D eigenvalue weighted by molar-refractivity contribution is 7.49. The third kappa shape index (κ3) is 1.91. The summed E-state index contributed by atoms with van der Waals surface area (Å²) < 4.78 is 8.14. The molecule has 0 amide bonds. The Kier molecular flexibility index (Phi) is 2.63. The van der Waals surface area contributed by atoms with Gasteiger partial charge in [0.25, 0.3) is 0 Å². The van der Waals surface area contributed by atoms with Gasteiger partial charge in [0.15, 0.2) is 0 Å². The van der Waals surface area contributed by atoms with Gasteiger partial charge in [0.1, 0.15) is 14.4 Å². The van der Waals surface area contributed by atoms with Crippen LogP contribution in [0.4, 0.5) is 0 Å². The van der Waals surface area contributed by atoms with Crippen LogP contribution in [0.15, 0.2) is 30.3 Å². The van der Waals surface area contributed by atoms with Crippen LogP contribution in [0.5, 0.6) is 0 Å². The molecule has 3 heteroatoms. The van der Waals surface area contributed by atoms with Crippen molar-refractivity contribution in [3.63, 3.8) is 0 Å². The van der Waals surface area contributed by atoms with Crippen molar-refractivity contribution in [3.8, 4) is 0 Å². The Hall–Kier alpha value is -0.430. The lowest BCUT2D eigenvalue weighted by Crippen LogP contribution is -2.09. The van der Waals surface area contributed by atoms with Crippen LogP contribution in [0.1, 0.15) is 11.7 Å². The normalized spacial score (nSPS) is 29.4. The van der Waals surface area contributed by atoms with Crippen LogP contribution in [-0.2, 0) is 4.52 Å². The van der Waals surface area contributed by atoms with Crippen molar-refractivity contribution < 1.29 is 4.52 Å². The van der Waals surface area contributed by atoms with E-state index in [1.54, 1.807) is 0 Å². The summed E-state index contributed by atoms with van der Waals surface area (Å²) in [5, 5.41) is 0. The smallest absolute Gasteiger partial charge is 0.101 e. The SMILES string of the molecule is CN1C[C@H](c2ccccc2)OP1C. The first-order valence-electron chi connectivity index (χ1n) is 4.44. The minimum Gasteiger partial charge on any atom is -0.335 e. The van der Waals surface area contributed by atoms with E-state index in [4.69, 9.17) is 4.52 Å². The van der Waals surface area contributed by atoms with Gasteiger partial charge in [-0.05, 0) is 19.3 Å². The molecule has 0 N–H and O–H groups in total. The first-order valence-corrected chi connectivity index (χ1v) is 6.10. The first kappa shape index (κ1) is 9.14. The van der Waals surface area contributed by atoms with E-state index in [0.29, 0.717) is 0 Å². The molecule has 1 aliphatic heterocycles. The largest absolute Gasteiger partial charge is 0.335 e. The van der Waals surface area contributed by atoms with E-state index in [-0.39, 0.29) is 14.4 Å². The van der Waals surface area contributed by atoms with Crippen LogP contribution in [0.25, 0.3) is 0 Å². The quantitative estimate of drug-likeness (QED) is 0.639. The molecule has 0 aliphatic carbocycles. The molecule has 1 aromatic carbocycles. The predicted octanol–water partition coefficient (Wildman–Crippen LogP) is 2.63. The Morgan fingerprint density at radius 1 is 1.38 bits per heavy atom. The van der Waals surface area contributed by atoms with Crippen molar-refractivity contribution in [1.82, 2.24) is 4.67 Å². The fourth-order valence-electron chi connectivity index (χ4n) is 1.49. The highest BCUT2D eigenvalue weighted by Gasteiger charge is 2.27. The van der Waals surface area contributed by atoms with Gasteiger partial charge in [-0.25, -0.2) is 0 Å². The topological polar surface area (TPSA) is 12.5 Å². The van der Waals surface area contributed by atoms with Crippen LogP contribution in [-0.4, -0.2) is 24.9 Å². The zero-order valence-electron chi connectivity index (χ0n) is 7.97. The Labute approximate surface area is 80.4 Å². The maximum atomic E-state index is 5.85. The van der Waals surface area contributed by atoms with E-state index in [1.807, 2.05) is 6.07 Å². The maximum Gasteiger partial charge on any atom is 0.101 e. The summed E-state index contributed by atoms with van der Waals surface area (Å²) in [6.45, 7) is 3.17. The van der Waals surface area contributed by atoms with Gasteiger partial charge in [-0.2, -0.15) is 0 Å². The molecule has 0 spiro atoms. The van der Waals surface area contributed by atoms with Crippen LogP contribution in [0, 0.1) is 0 Å². The van der Waals surface area contributed by atoms with E-state index in [0.717, 1.165) is 6.54 Å². The van der Waals surface area contributed by atoms with Crippen LogP contribution in [0.2, 0.25) is 0 Å². The molecule has 1 unspecified atom stereocenters. The molecule has 1 aliphatic rings. The van der Waals surface area contributed by atoms with Crippen molar-refractivity contribution in [2.24, 2.45) is 0 Å². The lowest BCUT2D eigenvalue weighted by molar-refractivity contribution is 0.264. The van der Waals surface area contributed by atoms with Crippen molar-refractivity contribution >= 4 is 8.30 Å². The van der Waals surface area contributed by atoms with Crippen LogP contribution >= 0.6 is 8.30 Å². The molecule has 1 aromatic rings. The van der Waals surface area contributed by atoms with E-state index < -0.39 is 0 Å². The van der Waals surface area contributed by atoms with E-state index in [1.165, 1.54) is 5.56 Å². The number of nitrogens with zero attached hydrogens (tertiary/aromatic N) is 1. The zero-order valence-corrected chi connectivity index (χ0v) is 8.87. The summed E-state index contributed by atoms with van der Waals surface area (Å²) >= 11 is 0. The average molecular weight is 195 g/mol. The second-order valence-corrected chi connectivity index (χ2v) is 5.13. The van der Waals surface area contributed by atoms with E-state index in [9.17, 15) is 0 Å². The van der Waals surface area contributed by atoms with Gasteiger partial charge in [-0.1, -0.05) is 30.3 Å². The Morgan fingerprint density at radius 3 is 2.62 bits per heavy atom. The van der Waals surface area contributed by atoms with Gasteiger partial charge in [-0.15, -0.1) is 0 Å². The molecule has 2 atom stereocenters. The fraction of sp³-hybridized carbons (Fsp3) is 0.400. The fourth-order valence-corrected chi connectivity index (χ4v) is 2.58. The molecule has 1 fully saturated rings. The maximum absolute atomic E-state index is 5.85. The predicted molar refractivity (Wildman–Crippen MR) is 55.7 cm³/mol. The second-order valence-electron chi connectivity index (χ2n) is 3.31. The lowest BCUT2D eigenvalue weighted by atomic mass is 10.1. The van der Waals surface area contributed by atoms with Gasteiger partial charge in [0.05, 0.1) is 0 Å². The molecule has 0 saturated carbocycles. The summed E-state index contributed by atoms with van der Waals surface area (Å²) in [5.41, 5.74) is 1.29. The Bertz CT molecular complexity index is 268. The molecule has 2 nitrogen and oxygen atoms in total.